The fraction of sp³-hybridized carbons (Fsp3) is 0.350. The molecule has 2 aromatic carbocycles. The first-order valence-corrected chi connectivity index (χ1v) is 11.1. The quantitative estimate of drug-likeness (QED) is 0.658. The Morgan fingerprint density at radius 2 is 1.84 bits per heavy atom. The number of alkyl halides is 3. The van der Waals surface area contributed by atoms with E-state index >= 15 is 0 Å². The number of sulfonamides is 1. The Balaban J connectivity index is 1.67. The van der Waals surface area contributed by atoms with Gasteiger partial charge in [-0.3, -0.25) is 0 Å². The molecule has 0 radical (unpaired) electrons. The van der Waals surface area contributed by atoms with Crippen molar-refractivity contribution in [1.29, 1.82) is 0 Å². The molecule has 0 amide bonds. The topological polar surface area (TPSA) is 95.3 Å². The van der Waals surface area contributed by atoms with Gasteiger partial charge in [-0.1, -0.05) is 12.1 Å². The number of nitrogens with zero attached hydrogens (tertiary/aromatic N) is 3. The maximum atomic E-state index is 12.8. The van der Waals surface area contributed by atoms with Gasteiger partial charge < -0.3 is 5.32 Å². The van der Waals surface area contributed by atoms with Crippen LogP contribution < -0.4 is 10.0 Å². The standard InChI is InChI=1S/C20H20F3N5O2S/c1-24-31(29,30)16-8-9-18(17(10-16)19(14-6-7-14)12-26-28-27-19)25-11-13-2-4-15(5-3-13)20(21,22)23/h2-5,8-10,12,14,24-25H,6-7,11H2,1H3. The Morgan fingerprint density at radius 3 is 2.39 bits per heavy atom. The highest BCUT2D eigenvalue weighted by Crippen LogP contribution is 2.51. The molecule has 2 aliphatic rings. The van der Waals surface area contributed by atoms with Crippen molar-refractivity contribution in [3.63, 3.8) is 0 Å². The number of benzene rings is 2. The molecule has 7 nitrogen and oxygen atoms in total. The molecule has 1 atom stereocenters. The number of hydrogen-bond donors (Lipinski definition) is 2. The molecule has 0 spiro atoms. The Bertz CT molecular complexity index is 1130. The van der Waals surface area contributed by atoms with Gasteiger partial charge in [0.1, 0.15) is 0 Å². The first-order chi connectivity index (χ1) is 14.7. The summed E-state index contributed by atoms with van der Waals surface area (Å²) in [7, 11) is -2.35. The van der Waals surface area contributed by atoms with Gasteiger partial charge in [-0.15, -0.1) is 5.10 Å². The second-order valence-corrected chi connectivity index (χ2v) is 9.38. The van der Waals surface area contributed by atoms with Crippen LogP contribution in [-0.4, -0.2) is 21.7 Å². The van der Waals surface area contributed by atoms with Crippen LogP contribution in [-0.2, 0) is 28.3 Å². The highest BCUT2D eigenvalue weighted by Gasteiger charge is 2.49. The van der Waals surface area contributed by atoms with Gasteiger partial charge in [-0.2, -0.15) is 18.3 Å². The summed E-state index contributed by atoms with van der Waals surface area (Å²) in [6, 6.07) is 9.53. The second kappa shape index (κ2) is 7.72. The number of hydrogen-bond acceptors (Lipinski definition) is 6. The predicted molar refractivity (Wildman–Crippen MR) is 109 cm³/mol. The maximum Gasteiger partial charge on any atom is 0.416 e. The first kappa shape index (κ1) is 21.4. The van der Waals surface area contributed by atoms with Crippen molar-refractivity contribution in [3.8, 4) is 0 Å². The van der Waals surface area contributed by atoms with Crippen molar-refractivity contribution in [2.75, 3.05) is 12.4 Å². The Labute approximate surface area is 177 Å². The van der Waals surface area contributed by atoms with Crippen LogP contribution >= 0.6 is 0 Å². The fourth-order valence-electron chi connectivity index (χ4n) is 3.60. The van der Waals surface area contributed by atoms with E-state index in [0.717, 1.165) is 25.0 Å². The number of nitrogens with one attached hydrogen (secondary N) is 2. The van der Waals surface area contributed by atoms with Gasteiger partial charge in [0.15, 0.2) is 5.54 Å². The summed E-state index contributed by atoms with van der Waals surface area (Å²) in [6.45, 7) is 0.248. The lowest BCUT2D eigenvalue weighted by molar-refractivity contribution is -0.137. The van der Waals surface area contributed by atoms with Gasteiger partial charge in [0.25, 0.3) is 0 Å². The number of rotatable bonds is 7. The zero-order valence-corrected chi connectivity index (χ0v) is 17.3. The highest BCUT2D eigenvalue weighted by molar-refractivity contribution is 7.89. The molecule has 1 aliphatic heterocycles. The molecule has 1 unspecified atom stereocenters. The smallest absolute Gasteiger partial charge is 0.381 e. The highest BCUT2D eigenvalue weighted by atomic mass is 32.2. The average Bonchev–Trinajstić information content (AvgIpc) is 3.49. The molecular formula is C20H20F3N5O2S. The van der Waals surface area contributed by atoms with Crippen molar-refractivity contribution in [3.05, 3.63) is 59.2 Å². The molecule has 0 saturated heterocycles. The van der Waals surface area contributed by atoms with E-state index in [1.807, 2.05) is 0 Å². The molecule has 1 saturated carbocycles. The molecule has 0 bridgehead atoms. The summed E-state index contributed by atoms with van der Waals surface area (Å²) in [5, 5.41) is 15.2. The summed E-state index contributed by atoms with van der Waals surface area (Å²) in [5.41, 5.74) is 0.307. The van der Waals surface area contributed by atoms with Crippen LogP contribution in [0.4, 0.5) is 18.9 Å². The van der Waals surface area contributed by atoms with E-state index < -0.39 is 27.3 Å². The second-order valence-electron chi connectivity index (χ2n) is 7.50. The largest absolute Gasteiger partial charge is 0.416 e. The van der Waals surface area contributed by atoms with Gasteiger partial charge in [0, 0.05) is 17.8 Å². The van der Waals surface area contributed by atoms with E-state index in [1.165, 1.54) is 25.2 Å². The summed E-state index contributed by atoms with van der Waals surface area (Å²) in [6.07, 6.45) is -0.949. The van der Waals surface area contributed by atoms with E-state index in [1.54, 1.807) is 18.3 Å². The summed E-state index contributed by atoms with van der Waals surface area (Å²) < 4.78 is 65.3. The van der Waals surface area contributed by atoms with Gasteiger partial charge in [0.05, 0.1) is 16.7 Å². The lowest BCUT2D eigenvalue weighted by Crippen LogP contribution is -2.28. The Kier molecular flexibility index (Phi) is 5.34. The zero-order valence-electron chi connectivity index (χ0n) is 16.5. The van der Waals surface area contributed by atoms with Crippen LogP contribution in [0.15, 0.2) is 62.8 Å². The Hall–Kier alpha value is -2.79. The van der Waals surface area contributed by atoms with Gasteiger partial charge in [0.2, 0.25) is 10.0 Å². The normalized spacial score (nSPS) is 20.9. The zero-order chi connectivity index (χ0) is 22.3. The minimum atomic E-state index is -4.39. The summed E-state index contributed by atoms with van der Waals surface area (Å²) >= 11 is 0. The third-order valence-corrected chi connectivity index (χ3v) is 6.89. The first-order valence-electron chi connectivity index (χ1n) is 9.60. The van der Waals surface area contributed by atoms with Crippen molar-refractivity contribution in [1.82, 2.24) is 4.72 Å². The van der Waals surface area contributed by atoms with E-state index in [2.05, 4.69) is 25.5 Å². The molecule has 0 aromatic heterocycles. The van der Waals surface area contributed by atoms with E-state index in [9.17, 15) is 21.6 Å². The van der Waals surface area contributed by atoms with E-state index in [-0.39, 0.29) is 17.4 Å². The molecule has 1 fully saturated rings. The fourth-order valence-corrected chi connectivity index (χ4v) is 4.35. The van der Waals surface area contributed by atoms with Crippen molar-refractivity contribution < 1.29 is 21.6 Å². The molecule has 1 heterocycles. The van der Waals surface area contributed by atoms with Crippen LogP contribution in [0.5, 0.6) is 0 Å². The maximum absolute atomic E-state index is 12.8. The minimum absolute atomic E-state index is 0.0839. The third-order valence-electron chi connectivity index (χ3n) is 5.48. The van der Waals surface area contributed by atoms with E-state index in [4.69, 9.17) is 0 Å². The van der Waals surface area contributed by atoms with Crippen molar-refractivity contribution in [2.45, 2.75) is 36.0 Å². The molecule has 11 heteroatoms. The molecule has 2 N–H and O–H groups in total. The van der Waals surface area contributed by atoms with Crippen LogP contribution in [0.25, 0.3) is 0 Å². The monoisotopic (exact) mass is 451 g/mol. The molecule has 2 aromatic rings. The van der Waals surface area contributed by atoms with Gasteiger partial charge >= 0.3 is 6.18 Å². The lowest BCUT2D eigenvalue weighted by atomic mass is 9.86. The van der Waals surface area contributed by atoms with E-state index in [0.29, 0.717) is 16.8 Å². The summed E-state index contributed by atoms with van der Waals surface area (Å²) in [4.78, 5) is 0.0839. The number of anilines is 1. The van der Waals surface area contributed by atoms with Gasteiger partial charge in [-0.05, 0) is 66.9 Å². The Morgan fingerprint density at radius 1 is 1.13 bits per heavy atom. The average molecular weight is 451 g/mol. The molecular weight excluding hydrogens is 431 g/mol. The molecule has 4 rings (SSSR count). The van der Waals surface area contributed by atoms with Gasteiger partial charge in [-0.25, -0.2) is 13.1 Å². The van der Waals surface area contributed by atoms with Crippen LogP contribution in [0, 0.1) is 5.92 Å². The van der Waals surface area contributed by atoms with Crippen molar-refractivity contribution in [2.24, 2.45) is 21.4 Å². The van der Waals surface area contributed by atoms with Crippen molar-refractivity contribution >= 4 is 21.9 Å². The lowest BCUT2D eigenvalue weighted by Gasteiger charge is -2.25. The molecule has 1 aliphatic carbocycles. The SMILES string of the molecule is CNS(=O)(=O)c1ccc(NCc2ccc(C(F)(F)F)cc2)c(C2(C3CC3)C=NN=N2)c1. The van der Waals surface area contributed by atoms with Crippen LogP contribution in [0.2, 0.25) is 0 Å². The minimum Gasteiger partial charge on any atom is -0.381 e. The summed E-state index contributed by atoms with van der Waals surface area (Å²) in [5.74, 6) is 0.154. The third kappa shape index (κ3) is 4.19. The predicted octanol–water partition coefficient (Wildman–Crippen LogP) is 4.28. The number of halogens is 3. The molecule has 31 heavy (non-hydrogen) atoms. The van der Waals surface area contributed by atoms with Crippen LogP contribution in [0.1, 0.15) is 29.5 Å². The molecule has 164 valence electrons. The van der Waals surface area contributed by atoms with Crippen LogP contribution in [0.3, 0.4) is 0 Å².